The topological polar surface area (TPSA) is 17.1 Å². The molecule has 104 valence electrons. The van der Waals surface area contributed by atoms with E-state index in [9.17, 15) is 4.79 Å². The van der Waals surface area contributed by atoms with Crippen LogP contribution >= 0.6 is 0 Å². The Balaban J connectivity index is 2.23. The number of carbonyl (C=O) groups excluding carboxylic acids is 1. The summed E-state index contributed by atoms with van der Waals surface area (Å²) in [7, 11) is 0. The molecule has 0 amide bonds. The van der Waals surface area contributed by atoms with E-state index in [0.29, 0.717) is 5.92 Å². The number of ketones is 1. The Labute approximate surface area is 125 Å². The molecule has 0 spiro atoms. The van der Waals surface area contributed by atoms with Crippen LogP contribution in [0.1, 0.15) is 41.3 Å². The highest BCUT2D eigenvalue weighted by molar-refractivity contribution is 6.16. The van der Waals surface area contributed by atoms with Crippen LogP contribution in [-0.2, 0) is 0 Å². The van der Waals surface area contributed by atoms with Gasteiger partial charge in [-0.3, -0.25) is 4.79 Å². The van der Waals surface area contributed by atoms with Gasteiger partial charge in [-0.05, 0) is 28.3 Å². The van der Waals surface area contributed by atoms with Crippen LogP contribution in [0, 0.1) is 0 Å². The Kier molecular flexibility index (Phi) is 3.57. The fraction of sp³-hybridized carbons (Fsp3) is 0.150. The molecule has 1 nitrogen and oxygen atoms in total. The number of hydrogen-bond acceptors (Lipinski definition) is 1. The van der Waals surface area contributed by atoms with Gasteiger partial charge in [-0.1, -0.05) is 74.5 Å². The molecule has 0 aliphatic rings. The number of carbonyl (C=O) groups is 1. The molecule has 0 aliphatic carbocycles. The molecule has 0 radical (unpaired) electrons. The third kappa shape index (κ3) is 2.59. The lowest BCUT2D eigenvalue weighted by molar-refractivity contribution is 0.104. The quantitative estimate of drug-likeness (QED) is 0.600. The molecule has 0 saturated carbocycles. The first-order valence-corrected chi connectivity index (χ1v) is 7.29. The van der Waals surface area contributed by atoms with Gasteiger partial charge < -0.3 is 0 Å². The van der Waals surface area contributed by atoms with E-state index in [1.807, 2.05) is 54.6 Å². The highest BCUT2D eigenvalue weighted by Gasteiger charge is 2.14. The lowest BCUT2D eigenvalue weighted by Gasteiger charge is -2.12. The van der Waals surface area contributed by atoms with Gasteiger partial charge in [0.05, 0.1) is 0 Å². The van der Waals surface area contributed by atoms with Gasteiger partial charge in [0.15, 0.2) is 5.78 Å². The average molecular weight is 274 g/mol. The van der Waals surface area contributed by atoms with E-state index in [-0.39, 0.29) is 5.78 Å². The monoisotopic (exact) mass is 274 g/mol. The molecule has 0 heterocycles. The van der Waals surface area contributed by atoms with Crippen LogP contribution in [0.25, 0.3) is 10.8 Å². The van der Waals surface area contributed by atoms with Crippen LogP contribution in [0.2, 0.25) is 0 Å². The first kappa shape index (κ1) is 13.6. The minimum Gasteiger partial charge on any atom is -0.289 e. The van der Waals surface area contributed by atoms with Crippen molar-refractivity contribution < 1.29 is 4.79 Å². The molecule has 0 aliphatic heterocycles. The summed E-state index contributed by atoms with van der Waals surface area (Å²) in [6.07, 6.45) is 0. The van der Waals surface area contributed by atoms with Crippen LogP contribution in [0.15, 0.2) is 66.7 Å². The number of fused-ring (bicyclic) bond motifs is 1. The van der Waals surface area contributed by atoms with E-state index in [1.165, 1.54) is 5.56 Å². The molecular formula is C20H18O. The highest BCUT2D eigenvalue weighted by atomic mass is 16.1. The molecule has 3 aromatic rings. The van der Waals surface area contributed by atoms with E-state index < -0.39 is 0 Å². The maximum Gasteiger partial charge on any atom is 0.193 e. The van der Waals surface area contributed by atoms with Crippen molar-refractivity contribution in [3.05, 3.63) is 83.4 Å². The summed E-state index contributed by atoms with van der Waals surface area (Å²) >= 11 is 0. The van der Waals surface area contributed by atoms with Gasteiger partial charge in [-0.25, -0.2) is 0 Å². The van der Waals surface area contributed by atoms with Crippen molar-refractivity contribution in [3.63, 3.8) is 0 Å². The molecule has 0 N–H and O–H groups in total. The van der Waals surface area contributed by atoms with Gasteiger partial charge in [-0.15, -0.1) is 0 Å². The average Bonchev–Trinajstić information content (AvgIpc) is 2.54. The zero-order valence-electron chi connectivity index (χ0n) is 12.3. The summed E-state index contributed by atoms with van der Waals surface area (Å²) in [5, 5.41) is 2.15. The first-order valence-electron chi connectivity index (χ1n) is 7.29. The summed E-state index contributed by atoms with van der Waals surface area (Å²) in [4.78, 5) is 12.8. The fourth-order valence-electron chi connectivity index (χ4n) is 2.60. The van der Waals surface area contributed by atoms with E-state index in [0.717, 1.165) is 21.9 Å². The molecular weight excluding hydrogens is 256 g/mol. The summed E-state index contributed by atoms with van der Waals surface area (Å²) in [6.45, 7) is 4.31. The maximum absolute atomic E-state index is 12.8. The van der Waals surface area contributed by atoms with Gasteiger partial charge in [0.1, 0.15) is 0 Å². The summed E-state index contributed by atoms with van der Waals surface area (Å²) < 4.78 is 0. The Morgan fingerprint density at radius 2 is 1.52 bits per heavy atom. The smallest absolute Gasteiger partial charge is 0.193 e. The zero-order valence-corrected chi connectivity index (χ0v) is 12.3. The molecule has 1 heteroatoms. The fourth-order valence-corrected chi connectivity index (χ4v) is 2.60. The van der Waals surface area contributed by atoms with Crippen molar-refractivity contribution in [2.45, 2.75) is 19.8 Å². The Morgan fingerprint density at radius 1 is 0.857 bits per heavy atom. The van der Waals surface area contributed by atoms with Gasteiger partial charge >= 0.3 is 0 Å². The minimum atomic E-state index is 0.0919. The normalized spacial score (nSPS) is 11.0. The Bertz CT molecular complexity index is 785. The molecule has 0 atom stereocenters. The second kappa shape index (κ2) is 5.53. The van der Waals surface area contributed by atoms with Gasteiger partial charge in [0, 0.05) is 11.1 Å². The summed E-state index contributed by atoms with van der Waals surface area (Å²) in [5.74, 6) is 0.492. The number of benzene rings is 3. The minimum absolute atomic E-state index is 0.0919. The zero-order chi connectivity index (χ0) is 14.8. The lowest BCUT2D eigenvalue weighted by atomic mass is 9.91. The lowest BCUT2D eigenvalue weighted by Crippen LogP contribution is -2.03. The van der Waals surface area contributed by atoms with Crippen molar-refractivity contribution in [2.75, 3.05) is 0 Å². The molecule has 0 saturated heterocycles. The second-order valence-corrected chi connectivity index (χ2v) is 5.64. The maximum atomic E-state index is 12.8. The predicted molar refractivity (Wildman–Crippen MR) is 87.9 cm³/mol. The van der Waals surface area contributed by atoms with Crippen LogP contribution in [0.5, 0.6) is 0 Å². The first-order chi connectivity index (χ1) is 10.2. The molecule has 0 bridgehead atoms. The SMILES string of the molecule is CC(C)c1cc(C(=O)c2ccccc2)c2ccccc2c1. The molecule has 0 fully saturated rings. The van der Waals surface area contributed by atoms with Crippen LogP contribution in [0.4, 0.5) is 0 Å². The van der Waals surface area contributed by atoms with Crippen molar-refractivity contribution in [2.24, 2.45) is 0 Å². The van der Waals surface area contributed by atoms with Gasteiger partial charge in [0.25, 0.3) is 0 Å². The van der Waals surface area contributed by atoms with Gasteiger partial charge in [-0.2, -0.15) is 0 Å². The van der Waals surface area contributed by atoms with Crippen molar-refractivity contribution in [1.29, 1.82) is 0 Å². The van der Waals surface area contributed by atoms with Crippen molar-refractivity contribution in [3.8, 4) is 0 Å². The molecule has 0 unspecified atom stereocenters. The third-order valence-electron chi connectivity index (χ3n) is 3.83. The number of rotatable bonds is 3. The summed E-state index contributed by atoms with van der Waals surface area (Å²) in [5.41, 5.74) is 2.74. The van der Waals surface area contributed by atoms with Crippen molar-refractivity contribution >= 4 is 16.6 Å². The molecule has 3 aromatic carbocycles. The Morgan fingerprint density at radius 3 is 2.24 bits per heavy atom. The summed E-state index contributed by atoms with van der Waals surface area (Å²) in [6, 6.07) is 21.8. The molecule has 21 heavy (non-hydrogen) atoms. The predicted octanol–water partition coefficient (Wildman–Crippen LogP) is 5.19. The van der Waals surface area contributed by atoms with Crippen molar-refractivity contribution in [1.82, 2.24) is 0 Å². The van der Waals surface area contributed by atoms with E-state index in [4.69, 9.17) is 0 Å². The van der Waals surface area contributed by atoms with Crippen LogP contribution in [-0.4, -0.2) is 5.78 Å². The van der Waals surface area contributed by atoms with E-state index in [2.05, 4.69) is 26.0 Å². The largest absolute Gasteiger partial charge is 0.289 e. The van der Waals surface area contributed by atoms with Gasteiger partial charge in [0.2, 0.25) is 0 Å². The van der Waals surface area contributed by atoms with E-state index >= 15 is 0 Å². The van der Waals surface area contributed by atoms with E-state index in [1.54, 1.807) is 0 Å². The van der Waals surface area contributed by atoms with Crippen LogP contribution < -0.4 is 0 Å². The standard InChI is InChI=1S/C20H18O/c1-14(2)17-12-16-10-6-7-11-18(16)19(13-17)20(21)15-8-4-3-5-9-15/h3-14H,1-2H3. The third-order valence-corrected chi connectivity index (χ3v) is 3.83. The second-order valence-electron chi connectivity index (χ2n) is 5.64. The highest BCUT2D eigenvalue weighted by Crippen LogP contribution is 2.27. The molecule has 0 aromatic heterocycles. The Hall–Kier alpha value is -2.41. The number of hydrogen-bond donors (Lipinski definition) is 0. The molecule has 3 rings (SSSR count). The van der Waals surface area contributed by atoms with Crippen LogP contribution in [0.3, 0.4) is 0 Å².